The number of aromatic nitrogens is 5. The van der Waals surface area contributed by atoms with E-state index in [2.05, 4.69) is 35.2 Å². The summed E-state index contributed by atoms with van der Waals surface area (Å²) in [5.41, 5.74) is 3.18. The van der Waals surface area contributed by atoms with Crippen LogP contribution in [-0.4, -0.2) is 39.5 Å². The first-order valence-electron chi connectivity index (χ1n) is 10.1. The SMILES string of the molecule is O=C(Nc1ccc(S(=O)(=O)Nc2ncccn2)cc1)c1n[nH]c2ccc(-c3cccnc3)cc12. The Balaban J connectivity index is 1.35. The van der Waals surface area contributed by atoms with Crippen LogP contribution in [-0.2, 0) is 10.0 Å². The first-order chi connectivity index (χ1) is 16.5. The highest BCUT2D eigenvalue weighted by molar-refractivity contribution is 7.92. The van der Waals surface area contributed by atoms with E-state index in [4.69, 9.17) is 0 Å². The van der Waals surface area contributed by atoms with Crippen LogP contribution >= 0.6 is 0 Å². The molecule has 0 spiro atoms. The predicted octanol–water partition coefficient (Wildman–Crippen LogP) is 3.47. The van der Waals surface area contributed by atoms with Gasteiger partial charge in [-0.15, -0.1) is 0 Å². The number of sulfonamides is 1. The van der Waals surface area contributed by atoms with Crippen molar-refractivity contribution in [2.75, 3.05) is 10.0 Å². The molecule has 3 N–H and O–H groups in total. The van der Waals surface area contributed by atoms with Crippen molar-refractivity contribution in [3.8, 4) is 11.1 Å². The van der Waals surface area contributed by atoms with Crippen molar-refractivity contribution in [2.45, 2.75) is 4.90 Å². The van der Waals surface area contributed by atoms with Crippen molar-refractivity contribution >= 4 is 38.5 Å². The summed E-state index contributed by atoms with van der Waals surface area (Å²) in [5, 5.41) is 10.4. The second kappa shape index (κ2) is 8.71. The number of aromatic amines is 1. The summed E-state index contributed by atoms with van der Waals surface area (Å²) >= 11 is 0. The molecule has 0 radical (unpaired) electrons. The highest BCUT2D eigenvalue weighted by Gasteiger charge is 2.18. The molecule has 2 aromatic carbocycles. The lowest BCUT2D eigenvalue weighted by molar-refractivity contribution is 0.102. The summed E-state index contributed by atoms with van der Waals surface area (Å²) in [6, 6.07) is 16.8. The smallest absolute Gasteiger partial charge is 0.276 e. The average Bonchev–Trinajstić information content (AvgIpc) is 3.29. The van der Waals surface area contributed by atoms with E-state index in [-0.39, 0.29) is 16.5 Å². The lowest BCUT2D eigenvalue weighted by atomic mass is 10.0. The minimum Gasteiger partial charge on any atom is -0.321 e. The third kappa shape index (κ3) is 4.32. The van der Waals surface area contributed by atoms with Crippen LogP contribution in [0.4, 0.5) is 11.6 Å². The number of nitrogens with zero attached hydrogens (tertiary/aromatic N) is 4. The third-order valence-corrected chi connectivity index (χ3v) is 6.33. The summed E-state index contributed by atoms with van der Waals surface area (Å²) in [6.07, 6.45) is 6.31. The minimum atomic E-state index is -3.87. The number of H-pyrrole nitrogens is 1. The van der Waals surface area contributed by atoms with Crippen LogP contribution in [0.25, 0.3) is 22.0 Å². The Morgan fingerprint density at radius 2 is 1.68 bits per heavy atom. The largest absolute Gasteiger partial charge is 0.321 e. The molecule has 5 rings (SSSR count). The quantitative estimate of drug-likeness (QED) is 0.344. The zero-order valence-corrected chi connectivity index (χ0v) is 18.3. The van der Waals surface area contributed by atoms with E-state index in [1.165, 1.54) is 36.7 Å². The van der Waals surface area contributed by atoms with Crippen molar-refractivity contribution in [2.24, 2.45) is 0 Å². The predicted molar refractivity (Wildman–Crippen MR) is 127 cm³/mol. The zero-order chi connectivity index (χ0) is 23.5. The molecule has 0 atom stereocenters. The number of rotatable bonds is 6. The van der Waals surface area contributed by atoms with E-state index in [1.54, 1.807) is 18.5 Å². The number of hydrogen-bond acceptors (Lipinski definition) is 7. The van der Waals surface area contributed by atoms with Gasteiger partial charge in [-0.3, -0.25) is 14.9 Å². The van der Waals surface area contributed by atoms with Crippen LogP contribution in [0.5, 0.6) is 0 Å². The molecular formula is C23H17N7O3S. The van der Waals surface area contributed by atoms with E-state index in [9.17, 15) is 13.2 Å². The molecular weight excluding hydrogens is 454 g/mol. The van der Waals surface area contributed by atoms with Gasteiger partial charge >= 0.3 is 0 Å². The topological polar surface area (TPSA) is 143 Å². The first kappa shape index (κ1) is 21.2. The maximum absolute atomic E-state index is 12.9. The Kier molecular flexibility index (Phi) is 5.44. The molecule has 10 nitrogen and oxygen atoms in total. The van der Waals surface area contributed by atoms with Crippen molar-refractivity contribution in [1.82, 2.24) is 25.1 Å². The van der Waals surface area contributed by atoms with E-state index in [1.807, 2.05) is 30.3 Å². The maximum atomic E-state index is 12.9. The fourth-order valence-corrected chi connectivity index (χ4v) is 4.30. The second-order valence-electron chi connectivity index (χ2n) is 7.23. The number of amides is 1. The molecule has 168 valence electrons. The molecule has 34 heavy (non-hydrogen) atoms. The lowest BCUT2D eigenvalue weighted by Crippen LogP contribution is -2.15. The van der Waals surface area contributed by atoms with Crippen LogP contribution in [0, 0.1) is 0 Å². The zero-order valence-electron chi connectivity index (χ0n) is 17.5. The number of anilines is 2. The molecule has 3 aromatic heterocycles. The molecule has 0 aliphatic heterocycles. The molecule has 3 heterocycles. The summed E-state index contributed by atoms with van der Waals surface area (Å²) < 4.78 is 27.3. The monoisotopic (exact) mass is 471 g/mol. The van der Waals surface area contributed by atoms with Crippen molar-refractivity contribution in [3.05, 3.63) is 91.1 Å². The molecule has 0 fully saturated rings. The number of pyridine rings is 1. The molecule has 0 unspecified atom stereocenters. The number of carbonyl (C=O) groups is 1. The minimum absolute atomic E-state index is 0.00397. The van der Waals surface area contributed by atoms with Gasteiger partial charge in [0.05, 0.1) is 10.4 Å². The van der Waals surface area contributed by atoms with Crippen LogP contribution in [0.15, 0.2) is 90.3 Å². The van der Waals surface area contributed by atoms with Gasteiger partial charge in [0.2, 0.25) is 5.95 Å². The summed E-state index contributed by atoms with van der Waals surface area (Å²) in [6.45, 7) is 0. The van der Waals surface area contributed by atoms with Gasteiger partial charge in [0.15, 0.2) is 5.69 Å². The summed E-state index contributed by atoms with van der Waals surface area (Å²) in [4.78, 5) is 24.8. The number of carbonyl (C=O) groups excluding carboxylic acids is 1. The van der Waals surface area contributed by atoms with Gasteiger partial charge in [0.1, 0.15) is 0 Å². The van der Waals surface area contributed by atoms with Crippen molar-refractivity contribution < 1.29 is 13.2 Å². The van der Waals surface area contributed by atoms with E-state index in [0.717, 1.165) is 11.1 Å². The Morgan fingerprint density at radius 3 is 2.41 bits per heavy atom. The van der Waals surface area contributed by atoms with Crippen molar-refractivity contribution in [1.29, 1.82) is 0 Å². The second-order valence-corrected chi connectivity index (χ2v) is 8.91. The Hall–Kier alpha value is -4.64. The van der Waals surface area contributed by atoms with Gasteiger partial charge in [-0.1, -0.05) is 12.1 Å². The molecule has 5 aromatic rings. The van der Waals surface area contributed by atoms with Crippen LogP contribution in [0.1, 0.15) is 10.5 Å². The van der Waals surface area contributed by atoms with Gasteiger partial charge in [-0.25, -0.2) is 23.1 Å². The van der Waals surface area contributed by atoms with Gasteiger partial charge in [0.25, 0.3) is 15.9 Å². The van der Waals surface area contributed by atoms with Gasteiger partial charge < -0.3 is 5.32 Å². The number of hydrogen-bond donors (Lipinski definition) is 3. The Bertz CT molecular complexity index is 1570. The van der Waals surface area contributed by atoms with Gasteiger partial charge in [0, 0.05) is 41.4 Å². The molecule has 0 saturated carbocycles. The van der Waals surface area contributed by atoms with E-state index >= 15 is 0 Å². The number of fused-ring (bicyclic) bond motifs is 1. The normalized spacial score (nSPS) is 11.3. The fraction of sp³-hybridized carbons (Fsp3) is 0. The highest BCUT2D eigenvalue weighted by atomic mass is 32.2. The first-order valence-corrected chi connectivity index (χ1v) is 11.6. The summed E-state index contributed by atoms with van der Waals surface area (Å²) in [5.74, 6) is -0.461. The average molecular weight is 472 g/mol. The van der Waals surface area contributed by atoms with E-state index in [0.29, 0.717) is 16.6 Å². The Morgan fingerprint density at radius 1 is 0.882 bits per heavy atom. The van der Waals surface area contributed by atoms with Gasteiger partial charge in [-0.2, -0.15) is 5.10 Å². The lowest BCUT2D eigenvalue weighted by Gasteiger charge is -2.08. The van der Waals surface area contributed by atoms with Gasteiger partial charge in [-0.05, 0) is 54.1 Å². The standard InChI is InChI=1S/C23H17N7O3S/c31-22(21-19-13-15(4-9-20(19)28-29-21)16-3-1-10-24-14-16)27-17-5-7-18(8-6-17)34(32,33)30-23-25-11-2-12-26-23/h1-14H,(H,27,31)(H,28,29)(H,25,26,30). The van der Waals surface area contributed by atoms with Crippen LogP contribution in [0.2, 0.25) is 0 Å². The third-order valence-electron chi connectivity index (χ3n) is 4.99. The number of benzene rings is 2. The maximum Gasteiger partial charge on any atom is 0.276 e. The molecule has 1 amide bonds. The molecule has 0 bridgehead atoms. The highest BCUT2D eigenvalue weighted by Crippen LogP contribution is 2.25. The molecule has 11 heteroatoms. The van der Waals surface area contributed by atoms with Crippen molar-refractivity contribution in [3.63, 3.8) is 0 Å². The number of nitrogens with one attached hydrogen (secondary N) is 3. The molecule has 0 aliphatic carbocycles. The molecule has 0 aliphatic rings. The van der Waals surface area contributed by atoms with Crippen LogP contribution < -0.4 is 10.0 Å². The molecule has 0 saturated heterocycles. The fourth-order valence-electron chi connectivity index (χ4n) is 3.34. The van der Waals surface area contributed by atoms with E-state index < -0.39 is 15.9 Å². The summed E-state index contributed by atoms with van der Waals surface area (Å²) in [7, 11) is -3.87. The Labute approximate surface area is 194 Å². The van der Waals surface area contributed by atoms with Crippen LogP contribution in [0.3, 0.4) is 0 Å².